The summed E-state index contributed by atoms with van der Waals surface area (Å²) in [5.74, 6) is 0. The summed E-state index contributed by atoms with van der Waals surface area (Å²) in [6.07, 6.45) is 5.63. The Kier molecular flexibility index (Phi) is 4.19. The number of carbonyl (C=O) groups is 1. The highest BCUT2D eigenvalue weighted by molar-refractivity contribution is 5.75. The number of carbonyl (C=O) groups excluding carboxylic acids is 1. The molecule has 1 aromatic carbocycles. The van der Waals surface area contributed by atoms with Crippen LogP contribution < -0.4 is 5.32 Å². The molecule has 110 valence electrons. The average Bonchev–Trinajstić information content (AvgIpc) is 2.97. The SMILES string of the molecule is O=C(NCCCn1cccn1)N1CCC1c1ccccc1. The van der Waals surface area contributed by atoms with E-state index < -0.39 is 0 Å². The number of rotatable bonds is 5. The Morgan fingerprint density at radius 3 is 2.81 bits per heavy atom. The molecule has 0 radical (unpaired) electrons. The minimum atomic E-state index is 0.0376. The molecule has 2 amide bonds. The second-order valence-electron chi connectivity index (χ2n) is 5.26. The van der Waals surface area contributed by atoms with Gasteiger partial charge >= 0.3 is 6.03 Å². The summed E-state index contributed by atoms with van der Waals surface area (Å²) >= 11 is 0. The number of aryl methyl sites for hydroxylation is 1. The van der Waals surface area contributed by atoms with Gasteiger partial charge in [0.05, 0.1) is 6.04 Å². The molecule has 1 aromatic heterocycles. The molecule has 1 aliphatic rings. The Labute approximate surface area is 124 Å². The third-order valence-corrected chi connectivity index (χ3v) is 3.86. The van der Waals surface area contributed by atoms with E-state index in [-0.39, 0.29) is 12.1 Å². The fourth-order valence-electron chi connectivity index (χ4n) is 2.62. The van der Waals surface area contributed by atoms with E-state index in [1.807, 2.05) is 40.0 Å². The van der Waals surface area contributed by atoms with Crippen molar-refractivity contribution in [2.75, 3.05) is 13.1 Å². The first-order valence-electron chi connectivity index (χ1n) is 7.41. The van der Waals surface area contributed by atoms with Crippen molar-refractivity contribution < 1.29 is 4.79 Å². The second kappa shape index (κ2) is 6.43. The van der Waals surface area contributed by atoms with Gasteiger partial charge in [-0.15, -0.1) is 0 Å². The van der Waals surface area contributed by atoms with Gasteiger partial charge in [-0.05, 0) is 24.5 Å². The molecule has 5 nitrogen and oxygen atoms in total. The van der Waals surface area contributed by atoms with E-state index in [1.165, 1.54) is 5.56 Å². The Hall–Kier alpha value is -2.30. The van der Waals surface area contributed by atoms with Crippen LogP contribution in [0, 0.1) is 0 Å². The zero-order valence-electron chi connectivity index (χ0n) is 12.0. The number of benzene rings is 1. The van der Waals surface area contributed by atoms with Crippen molar-refractivity contribution in [3.63, 3.8) is 0 Å². The third kappa shape index (κ3) is 3.24. The van der Waals surface area contributed by atoms with Gasteiger partial charge in [0.1, 0.15) is 0 Å². The largest absolute Gasteiger partial charge is 0.338 e. The molecule has 1 N–H and O–H groups in total. The lowest BCUT2D eigenvalue weighted by atomic mass is 9.95. The van der Waals surface area contributed by atoms with E-state index >= 15 is 0 Å². The maximum Gasteiger partial charge on any atom is 0.317 e. The van der Waals surface area contributed by atoms with E-state index in [4.69, 9.17) is 0 Å². The number of amides is 2. The summed E-state index contributed by atoms with van der Waals surface area (Å²) in [6.45, 7) is 2.34. The van der Waals surface area contributed by atoms with E-state index in [9.17, 15) is 4.79 Å². The first-order chi connectivity index (χ1) is 10.3. The fourth-order valence-corrected chi connectivity index (χ4v) is 2.62. The average molecular weight is 284 g/mol. The third-order valence-electron chi connectivity index (χ3n) is 3.86. The van der Waals surface area contributed by atoms with Crippen LogP contribution in [-0.2, 0) is 6.54 Å². The van der Waals surface area contributed by atoms with Crippen LogP contribution in [0.4, 0.5) is 4.79 Å². The smallest absolute Gasteiger partial charge is 0.317 e. The number of nitrogens with zero attached hydrogens (tertiary/aromatic N) is 3. The molecule has 0 saturated carbocycles. The second-order valence-corrected chi connectivity index (χ2v) is 5.26. The van der Waals surface area contributed by atoms with Gasteiger partial charge in [-0.1, -0.05) is 30.3 Å². The number of aromatic nitrogens is 2. The molecule has 0 aliphatic carbocycles. The molecule has 1 fully saturated rings. The summed E-state index contributed by atoms with van der Waals surface area (Å²) in [7, 11) is 0. The summed E-state index contributed by atoms with van der Waals surface area (Å²) in [5, 5.41) is 7.13. The standard InChI is InChI=1S/C16H20N4O/c21-16(17-9-4-11-19-12-5-10-18-19)20-13-8-15(20)14-6-2-1-3-7-14/h1-3,5-7,10,12,15H,4,8-9,11,13H2,(H,17,21). The monoisotopic (exact) mass is 284 g/mol. The number of likely N-dealkylation sites (tertiary alicyclic amines) is 1. The van der Waals surface area contributed by atoms with Crippen LogP contribution in [0.5, 0.6) is 0 Å². The van der Waals surface area contributed by atoms with Gasteiger partial charge in [-0.2, -0.15) is 5.10 Å². The number of urea groups is 1. The van der Waals surface area contributed by atoms with Crippen LogP contribution >= 0.6 is 0 Å². The van der Waals surface area contributed by atoms with Crippen molar-refractivity contribution in [3.05, 3.63) is 54.4 Å². The minimum absolute atomic E-state index is 0.0376. The van der Waals surface area contributed by atoms with Gasteiger partial charge in [0.15, 0.2) is 0 Å². The Morgan fingerprint density at radius 1 is 1.29 bits per heavy atom. The molecular weight excluding hydrogens is 264 g/mol. The van der Waals surface area contributed by atoms with E-state index in [1.54, 1.807) is 6.20 Å². The van der Waals surface area contributed by atoms with Gasteiger partial charge in [0.2, 0.25) is 0 Å². The van der Waals surface area contributed by atoms with Crippen molar-refractivity contribution >= 4 is 6.03 Å². The fraction of sp³-hybridized carbons (Fsp3) is 0.375. The minimum Gasteiger partial charge on any atom is -0.338 e. The lowest BCUT2D eigenvalue weighted by molar-refractivity contribution is 0.115. The van der Waals surface area contributed by atoms with Crippen LogP contribution in [0.15, 0.2) is 48.8 Å². The van der Waals surface area contributed by atoms with Gasteiger partial charge < -0.3 is 10.2 Å². The lowest BCUT2D eigenvalue weighted by Gasteiger charge is -2.41. The van der Waals surface area contributed by atoms with Gasteiger partial charge in [-0.25, -0.2) is 4.79 Å². The predicted octanol–water partition coefficient (Wildman–Crippen LogP) is 2.43. The van der Waals surface area contributed by atoms with Crippen LogP contribution in [0.2, 0.25) is 0 Å². The van der Waals surface area contributed by atoms with Crippen molar-refractivity contribution in [1.82, 2.24) is 20.0 Å². The van der Waals surface area contributed by atoms with Gasteiger partial charge in [0, 0.05) is 32.0 Å². The van der Waals surface area contributed by atoms with Crippen LogP contribution in [0.3, 0.4) is 0 Å². The van der Waals surface area contributed by atoms with Gasteiger partial charge in [-0.3, -0.25) is 4.68 Å². The van der Waals surface area contributed by atoms with Crippen molar-refractivity contribution in [1.29, 1.82) is 0 Å². The molecule has 2 aromatic rings. The van der Waals surface area contributed by atoms with Crippen LogP contribution in [-0.4, -0.2) is 33.8 Å². The molecule has 1 aliphatic heterocycles. The quantitative estimate of drug-likeness (QED) is 0.857. The molecule has 3 rings (SSSR count). The van der Waals surface area contributed by atoms with Gasteiger partial charge in [0.25, 0.3) is 0 Å². The van der Waals surface area contributed by atoms with Crippen LogP contribution in [0.25, 0.3) is 0 Å². The predicted molar refractivity (Wildman–Crippen MR) is 80.7 cm³/mol. The summed E-state index contributed by atoms with van der Waals surface area (Å²) in [6, 6.07) is 12.4. The number of nitrogens with one attached hydrogen (secondary N) is 1. The molecular formula is C16H20N4O. The van der Waals surface area contributed by atoms with E-state index in [0.717, 1.165) is 25.9 Å². The van der Waals surface area contributed by atoms with E-state index in [2.05, 4.69) is 22.5 Å². The Balaban J connectivity index is 1.43. The molecule has 5 heteroatoms. The van der Waals surface area contributed by atoms with Crippen molar-refractivity contribution in [2.24, 2.45) is 0 Å². The zero-order chi connectivity index (χ0) is 14.5. The maximum absolute atomic E-state index is 12.2. The highest BCUT2D eigenvalue weighted by Gasteiger charge is 2.32. The normalized spacial score (nSPS) is 17.3. The molecule has 0 bridgehead atoms. The lowest BCUT2D eigenvalue weighted by Crippen LogP contribution is -2.50. The molecule has 1 saturated heterocycles. The first-order valence-corrected chi connectivity index (χ1v) is 7.41. The van der Waals surface area contributed by atoms with Crippen LogP contribution in [0.1, 0.15) is 24.4 Å². The first kappa shape index (κ1) is 13.7. The topological polar surface area (TPSA) is 50.2 Å². The summed E-state index contributed by atoms with van der Waals surface area (Å²) in [5.41, 5.74) is 1.22. The molecule has 21 heavy (non-hydrogen) atoms. The summed E-state index contributed by atoms with van der Waals surface area (Å²) < 4.78 is 1.88. The molecule has 1 unspecified atom stereocenters. The van der Waals surface area contributed by atoms with Crippen molar-refractivity contribution in [3.8, 4) is 0 Å². The Bertz CT molecular complexity index is 567. The number of hydrogen-bond donors (Lipinski definition) is 1. The van der Waals surface area contributed by atoms with E-state index in [0.29, 0.717) is 6.54 Å². The highest BCUT2D eigenvalue weighted by atomic mass is 16.2. The zero-order valence-corrected chi connectivity index (χ0v) is 12.0. The highest BCUT2D eigenvalue weighted by Crippen LogP contribution is 2.32. The molecule has 2 heterocycles. The molecule has 1 atom stereocenters. The summed E-state index contributed by atoms with van der Waals surface area (Å²) in [4.78, 5) is 14.1. The Morgan fingerprint density at radius 2 is 2.14 bits per heavy atom. The number of hydrogen-bond acceptors (Lipinski definition) is 2. The molecule has 0 spiro atoms. The van der Waals surface area contributed by atoms with Crippen molar-refractivity contribution in [2.45, 2.75) is 25.4 Å². The maximum atomic E-state index is 12.2.